The van der Waals surface area contributed by atoms with Crippen molar-refractivity contribution in [3.8, 4) is 6.07 Å². The molecule has 1 aliphatic rings. The van der Waals surface area contributed by atoms with Crippen molar-refractivity contribution in [2.75, 3.05) is 0 Å². The van der Waals surface area contributed by atoms with Crippen molar-refractivity contribution in [2.24, 2.45) is 0 Å². The molecule has 0 atom stereocenters. The molecule has 2 aromatic rings. The summed E-state index contributed by atoms with van der Waals surface area (Å²) in [6.45, 7) is -0.0744. The van der Waals surface area contributed by atoms with Crippen LogP contribution in [-0.4, -0.2) is 20.4 Å². The quantitative estimate of drug-likeness (QED) is 0.495. The molecule has 9 heteroatoms. The first-order chi connectivity index (χ1) is 14.4. The molecule has 1 heterocycles. The van der Waals surface area contributed by atoms with Crippen LogP contribution < -0.4 is 10.0 Å². The minimum atomic E-state index is -3.72. The molecular weight excluding hydrogens is 426 g/mol. The lowest BCUT2D eigenvalue weighted by atomic mass is 9.95. The zero-order valence-electron chi connectivity index (χ0n) is 16.2. The van der Waals surface area contributed by atoms with E-state index in [1.54, 1.807) is 12.1 Å². The molecule has 158 valence electrons. The summed E-state index contributed by atoms with van der Waals surface area (Å²) in [6, 6.07) is 11.0. The smallest absolute Gasteiger partial charge is 0.262 e. The fourth-order valence-electron chi connectivity index (χ4n) is 3.23. The van der Waals surface area contributed by atoms with E-state index in [1.165, 1.54) is 36.8 Å². The van der Waals surface area contributed by atoms with Gasteiger partial charge in [-0.1, -0.05) is 30.9 Å². The Morgan fingerprint density at radius 2 is 1.87 bits per heavy atom. The maximum Gasteiger partial charge on any atom is 0.262 e. The number of halogens is 1. The third-order valence-corrected chi connectivity index (χ3v) is 6.50. The van der Waals surface area contributed by atoms with Crippen molar-refractivity contribution in [1.29, 1.82) is 5.26 Å². The van der Waals surface area contributed by atoms with Gasteiger partial charge in [-0.05, 0) is 49.2 Å². The molecule has 0 saturated heterocycles. The van der Waals surface area contributed by atoms with E-state index < -0.39 is 15.9 Å². The third kappa shape index (κ3) is 5.95. The Bertz CT molecular complexity index is 1060. The zero-order chi connectivity index (χ0) is 21.6. The normalized spacial score (nSPS) is 15.5. The van der Waals surface area contributed by atoms with Gasteiger partial charge in [-0.3, -0.25) is 4.79 Å². The number of hydrogen-bond acceptors (Lipinski definition) is 5. The van der Waals surface area contributed by atoms with Gasteiger partial charge in [0.1, 0.15) is 23.2 Å². The number of furan rings is 1. The van der Waals surface area contributed by atoms with E-state index in [4.69, 9.17) is 16.0 Å². The second-order valence-corrected chi connectivity index (χ2v) is 9.26. The van der Waals surface area contributed by atoms with Crippen molar-refractivity contribution in [1.82, 2.24) is 10.0 Å². The topological polar surface area (TPSA) is 112 Å². The van der Waals surface area contributed by atoms with Crippen molar-refractivity contribution in [2.45, 2.75) is 49.6 Å². The van der Waals surface area contributed by atoms with Crippen LogP contribution in [-0.2, 0) is 21.4 Å². The van der Waals surface area contributed by atoms with Gasteiger partial charge in [0.05, 0.1) is 11.4 Å². The lowest BCUT2D eigenvalue weighted by molar-refractivity contribution is -0.117. The van der Waals surface area contributed by atoms with Gasteiger partial charge in [-0.25, -0.2) is 13.1 Å². The molecule has 2 N–H and O–H groups in total. The van der Waals surface area contributed by atoms with Gasteiger partial charge < -0.3 is 9.73 Å². The number of rotatable bonds is 7. The minimum Gasteiger partial charge on any atom is -0.460 e. The summed E-state index contributed by atoms with van der Waals surface area (Å²) in [5, 5.41) is 12.7. The van der Waals surface area contributed by atoms with Crippen LogP contribution in [0.15, 0.2) is 51.3 Å². The monoisotopic (exact) mass is 447 g/mol. The predicted molar refractivity (Wildman–Crippen MR) is 113 cm³/mol. The Hall–Kier alpha value is -2.60. The van der Waals surface area contributed by atoms with Crippen LogP contribution in [0.5, 0.6) is 0 Å². The molecule has 30 heavy (non-hydrogen) atoms. The van der Waals surface area contributed by atoms with Crippen LogP contribution in [0.4, 0.5) is 0 Å². The number of benzene rings is 1. The Balaban J connectivity index is 1.62. The fourth-order valence-corrected chi connectivity index (χ4v) is 4.35. The van der Waals surface area contributed by atoms with Gasteiger partial charge in [0.25, 0.3) is 5.91 Å². The van der Waals surface area contributed by atoms with Crippen LogP contribution in [0.1, 0.15) is 43.6 Å². The number of amides is 1. The summed E-state index contributed by atoms with van der Waals surface area (Å²) in [5.41, 5.74) is -0.0526. The highest BCUT2D eigenvalue weighted by atomic mass is 35.5. The van der Waals surface area contributed by atoms with Gasteiger partial charge in [-0.2, -0.15) is 5.26 Å². The average molecular weight is 448 g/mol. The summed E-state index contributed by atoms with van der Waals surface area (Å²) >= 11 is 5.78. The highest BCUT2D eigenvalue weighted by Crippen LogP contribution is 2.19. The number of nitriles is 1. The van der Waals surface area contributed by atoms with E-state index in [0.29, 0.717) is 16.5 Å². The summed E-state index contributed by atoms with van der Waals surface area (Å²) in [6.07, 6.45) is 6.51. The first-order valence-corrected chi connectivity index (χ1v) is 11.5. The molecule has 0 unspecified atom stereocenters. The van der Waals surface area contributed by atoms with Crippen LogP contribution >= 0.6 is 11.6 Å². The third-order valence-electron chi connectivity index (χ3n) is 4.83. The molecule has 0 spiro atoms. The fraction of sp³-hybridized carbons (Fsp3) is 0.333. The van der Waals surface area contributed by atoms with Crippen molar-refractivity contribution < 1.29 is 17.6 Å². The highest BCUT2D eigenvalue weighted by Gasteiger charge is 2.19. The lowest BCUT2D eigenvalue weighted by Gasteiger charge is -2.22. The maximum absolute atomic E-state index is 12.3. The summed E-state index contributed by atoms with van der Waals surface area (Å²) in [5.74, 6) is 0.223. The second kappa shape index (κ2) is 9.94. The number of nitrogens with zero attached hydrogens (tertiary/aromatic N) is 1. The van der Waals surface area contributed by atoms with E-state index >= 15 is 0 Å². The standard InChI is InChI=1S/C21H22ClN3O4S/c22-16-6-10-20(11-7-16)30(27,28)24-14-19-9-8-18(29-19)12-15(13-23)21(26)25-17-4-2-1-3-5-17/h6-12,17,24H,1-5,14H2,(H,25,26)/b15-12-. The number of sulfonamides is 1. The van der Waals surface area contributed by atoms with Crippen LogP contribution in [0.3, 0.4) is 0 Å². The zero-order valence-corrected chi connectivity index (χ0v) is 17.8. The molecule has 7 nitrogen and oxygen atoms in total. The first kappa shape index (κ1) is 22.1. The molecule has 1 aromatic heterocycles. The Morgan fingerprint density at radius 3 is 2.53 bits per heavy atom. The number of carbonyl (C=O) groups is 1. The van der Waals surface area contributed by atoms with Crippen molar-refractivity contribution >= 4 is 33.6 Å². The SMILES string of the molecule is N#C/C(=C/c1ccc(CNS(=O)(=O)c2ccc(Cl)cc2)o1)C(=O)NC1CCCCC1. The molecule has 1 aliphatic carbocycles. The van der Waals surface area contributed by atoms with E-state index in [-0.39, 0.29) is 23.1 Å². The number of hydrogen-bond donors (Lipinski definition) is 2. The Labute approximate surface area is 180 Å². The molecule has 1 saturated carbocycles. The number of carbonyl (C=O) groups excluding carboxylic acids is 1. The van der Waals surface area contributed by atoms with Gasteiger partial charge in [-0.15, -0.1) is 0 Å². The van der Waals surface area contributed by atoms with Gasteiger partial charge in [0, 0.05) is 17.1 Å². The maximum atomic E-state index is 12.3. The largest absolute Gasteiger partial charge is 0.460 e. The molecule has 1 aromatic carbocycles. The van der Waals surface area contributed by atoms with Crippen molar-refractivity contribution in [3.05, 3.63) is 58.5 Å². The average Bonchev–Trinajstić information content (AvgIpc) is 3.19. The predicted octanol–water partition coefficient (Wildman–Crippen LogP) is 3.77. The summed E-state index contributed by atoms with van der Waals surface area (Å²) < 4.78 is 32.6. The molecule has 1 amide bonds. The Morgan fingerprint density at radius 1 is 1.17 bits per heavy atom. The molecular formula is C21H22ClN3O4S. The van der Waals surface area contributed by atoms with E-state index in [1.807, 2.05) is 6.07 Å². The molecule has 1 fully saturated rings. The van der Waals surface area contributed by atoms with Crippen molar-refractivity contribution in [3.63, 3.8) is 0 Å². The van der Waals surface area contributed by atoms with Crippen LogP contribution in [0, 0.1) is 11.3 Å². The van der Waals surface area contributed by atoms with Gasteiger partial charge >= 0.3 is 0 Å². The van der Waals surface area contributed by atoms with E-state index in [0.717, 1.165) is 25.7 Å². The van der Waals surface area contributed by atoms with E-state index in [2.05, 4.69) is 10.0 Å². The second-order valence-electron chi connectivity index (χ2n) is 7.06. The number of nitrogens with one attached hydrogen (secondary N) is 2. The van der Waals surface area contributed by atoms with Crippen LogP contribution in [0.2, 0.25) is 5.02 Å². The molecule has 0 radical (unpaired) electrons. The minimum absolute atomic E-state index is 0.0526. The Kier molecular flexibility index (Phi) is 7.32. The summed E-state index contributed by atoms with van der Waals surface area (Å²) in [7, 11) is -3.72. The molecule has 0 bridgehead atoms. The van der Waals surface area contributed by atoms with Gasteiger partial charge in [0.15, 0.2) is 0 Å². The van der Waals surface area contributed by atoms with E-state index in [9.17, 15) is 18.5 Å². The van der Waals surface area contributed by atoms with Gasteiger partial charge in [0.2, 0.25) is 10.0 Å². The first-order valence-electron chi connectivity index (χ1n) is 9.64. The molecule has 0 aliphatic heterocycles. The lowest BCUT2D eigenvalue weighted by Crippen LogP contribution is -2.36. The van der Waals surface area contributed by atoms with Crippen LogP contribution in [0.25, 0.3) is 6.08 Å². The highest BCUT2D eigenvalue weighted by molar-refractivity contribution is 7.89. The molecule has 3 rings (SSSR count). The summed E-state index contributed by atoms with van der Waals surface area (Å²) in [4.78, 5) is 12.4.